The molecule has 2 aromatic heterocycles. The Labute approximate surface area is 175 Å². The number of furan rings is 1. The monoisotopic (exact) mass is 403 g/mol. The summed E-state index contributed by atoms with van der Waals surface area (Å²) >= 11 is 1.69. The highest BCUT2D eigenvalue weighted by Crippen LogP contribution is 2.26. The van der Waals surface area contributed by atoms with Gasteiger partial charge in [-0.3, -0.25) is 0 Å². The predicted octanol–water partition coefficient (Wildman–Crippen LogP) is 8.67. The van der Waals surface area contributed by atoms with Crippen LogP contribution in [0, 0.1) is 0 Å². The second-order valence-electron chi connectivity index (χ2n) is 7.40. The lowest BCUT2D eigenvalue weighted by Crippen LogP contribution is -1.83. The molecule has 3 nitrogen and oxygen atoms in total. The van der Waals surface area contributed by atoms with Crippen molar-refractivity contribution < 1.29 is 8.83 Å². The molecule has 28 heavy (non-hydrogen) atoms. The van der Waals surface area contributed by atoms with Crippen LogP contribution in [-0.4, -0.2) is 10.7 Å². The Bertz CT molecular complexity index is 618. The molecule has 2 aromatic rings. The van der Waals surface area contributed by atoms with E-state index < -0.39 is 0 Å². The zero-order valence-corrected chi connectivity index (χ0v) is 18.4. The van der Waals surface area contributed by atoms with Crippen molar-refractivity contribution in [1.29, 1.82) is 0 Å². The van der Waals surface area contributed by atoms with E-state index in [1.165, 1.54) is 83.5 Å². The summed E-state index contributed by atoms with van der Waals surface area (Å²) in [6.07, 6.45) is 25.5. The molecule has 2 heterocycles. The first-order valence-corrected chi connectivity index (χ1v) is 12.2. The van der Waals surface area contributed by atoms with Gasteiger partial charge in [-0.15, -0.1) is 0 Å². The molecule has 2 rings (SSSR count). The van der Waals surface area contributed by atoms with Crippen LogP contribution < -0.4 is 0 Å². The Hall–Kier alpha value is -1.42. The first-order valence-electron chi connectivity index (χ1n) is 11.2. The second kappa shape index (κ2) is 15.5. The van der Waals surface area contributed by atoms with E-state index in [4.69, 9.17) is 8.83 Å². The van der Waals surface area contributed by atoms with Gasteiger partial charge in [0.25, 0.3) is 5.22 Å². The molecule has 0 aromatic carbocycles. The number of hydrogen-bond donors (Lipinski definition) is 0. The van der Waals surface area contributed by atoms with E-state index in [1.807, 2.05) is 12.1 Å². The minimum Gasteiger partial charge on any atom is -0.461 e. The summed E-state index contributed by atoms with van der Waals surface area (Å²) in [7, 11) is 0. The van der Waals surface area contributed by atoms with Gasteiger partial charge in [-0.2, -0.15) is 0 Å². The van der Waals surface area contributed by atoms with Gasteiger partial charge in [0.05, 0.1) is 12.5 Å². The topological polar surface area (TPSA) is 39.2 Å². The first-order chi connectivity index (χ1) is 13.9. The van der Waals surface area contributed by atoms with E-state index in [9.17, 15) is 0 Å². The number of hydrogen-bond acceptors (Lipinski definition) is 4. The van der Waals surface area contributed by atoms with Gasteiger partial charge in [0, 0.05) is 5.75 Å². The zero-order valence-electron chi connectivity index (χ0n) is 17.5. The maximum atomic E-state index is 5.70. The van der Waals surface area contributed by atoms with Crippen LogP contribution in [0.5, 0.6) is 0 Å². The van der Waals surface area contributed by atoms with Gasteiger partial charge in [-0.1, -0.05) is 82.2 Å². The van der Waals surface area contributed by atoms with Crippen molar-refractivity contribution in [3.05, 3.63) is 36.7 Å². The first kappa shape index (κ1) is 22.9. The van der Waals surface area contributed by atoms with Crippen LogP contribution in [0.1, 0.15) is 90.4 Å². The number of oxazole rings is 1. The zero-order chi connectivity index (χ0) is 19.7. The van der Waals surface area contributed by atoms with Crippen LogP contribution in [0.4, 0.5) is 0 Å². The summed E-state index contributed by atoms with van der Waals surface area (Å²) in [6, 6.07) is 3.74. The maximum Gasteiger partial charge on any atom is 0.256 e. The van der Waals surface area contributed by atoms with Gasteiger partial charge in [0.2, 0.25) is 0 Å². The molecule has 0 spiro atoms. The summed E-state index contributed by atoms with van der Waals surface area (Å²) < 4.78 is 11.0. The number of nitrogens with zero attached hydrogens (tertiary/aromatic N) is 1. The number of allylic oxidation sites excluding steroid dienone is 2. The number of unbranched alkanes of at least 4 members (excludes halogenated alkanes) is 11. The number of thioether (sulfide) groups is 1. The lowest BCUT2D eigenvalue weighted by molar-refractivity contribution is 0.448. The van der Waals surface area contributed by atoms with Crippen molar-refractivity contribution in [2.75, 3.05) is 5.75 Å². The largest absolute Gasteiger partial charge is 0.461 e. The lowest BCUT2D eigenvalue weighted by Gasteiger charge is -2.00. The van der Waals surface area contributed by atoms with E-state index in [0.717, 1.165) is 16.7 Å². The standard InChI is InChI=1S/C24H37NO2S/c1-2-3-4-5-6-7-8-9-10-11-12-13-14-15-16-20-28-24-25-21-23(27-24)22-18-17-19-26-22/h9-10,17-19,21H,2-8,11-16,20H2,1H3/b10-9-. The van der Waals surface area contributed by atoms with Crippen molar-refractivity contribution in [3.8, 4) is 11.5 Å². The SMILES string of the molecule is CCCCCCCC/C=C\CCCCCCCSc1ncc(-c2ccco2)o1. The quantitative estimate of drug-likeness (QED) is 0.150. The average molecular weight is 404 g/mol. The highest BCUT2D eigenvalue weighted by molar-refractivity contribution is 7.99. The fraction of sp³-hybridized carbons (Fsp3) is 0.625. The third kappa shape index (κ3) is 10.2. The van der Waals surface area contributed by atoms with Crippen LogP contribution >= 0.6 is 11.8 Å². The fourth-order valence-electron chi connectivity index (χ4n) is 3.19. The number of aromatic nitrogens is 1. The van der Waals surface area contributed by atoms with Gasteiger partial charge in [0.15, 0.2) is 11.5 Å². The van der Waals surface area contributed by atoms with Gasteiger partial charge < -0.3 is 8.83 Å². The predicted molar refractivity (Wildman–Crippen MR) is 120 cm³/mol. The molecule has 4 heteroatoms. The van der Waals surface area contributed by atoms with Gasteiger partial charge in [-0.25, -0.2) is 4.98 Å². The normalized spacial score (nSPS) is 11.6. The summed E-state index contributed by atoms with van der Waals surface area (Å²) in [5, 5.41) is 0.738. The molecule has 0 unspecified atom stereocenters. The minimum atomic E-state index is 0.706. The molecule has 0 aliphatic carbocycles. The molecule has 0 aliphatic rings. The van der Waals surface area contributed by atoms with Gasteiger partial charge in [-0.05, 0) is 44.2 Å². The Morgan fingerprint density at radius 3 is 2.21 bits per heavy atom. The third-order valence-corrected chi connectivity index (χ3v) is 5.81. The molecule has 0 saturated heterocycles. The minimum absolute atomic E-state index is 0.706. The van der Waals surface area contributed by atoms with Crippen molar-refractivity contribution in [2.45, 2.75) is 95.6 Å². The summed E-state index contributed by atoms with van der Waals surface area (Å²) in [5.74, 6) is 2.51. The smallest absolute Gasteiger partial charge is 0.256 e. The summed E-state index contributed by atoms with van der Waals surface area (Å²) in [4.78, 5) is 4.31. The molecular formula is C24H37NO2S. The van der Waals surface area contributed by atoms with Crippen LogP contribution in [-0.2, 0) is 0 Å². The van der Waals surface area contributed by atoms with Crippen molar-refractivity contribution >= 4 is 11.8 Å². The Morgan fingerprint density at radius 2 is 1.54 bits per heavy atom. The van der Waals surface area contributed by atoms with Crippen LogP contribution in [0.15, 0.2) is 50.8 Å². The Kier molecular flexibility index (Phi) is 12.7. The molecule has 0 atom stereocenters. The van der Waals surface area contributed by atoms with E-state index >= 15 is 0 Å². The molecule has 0 amide bonds. The van der Waals surface area contributed by atoms with Crippen LogP contribution in [0.3, 0.4) is 0 Å². The van der Waals surface area contributed by atoms with E-state index in [-0.39, 0.29) is 0 Å². The molecule has 0 N–H and O–H groups in total. The molecule has 0 saturated carbocycles. The highest BCUT2D eigenvalue weighted by Gasteiger charge is 2.08. The molecule has 0 bridgehead atoms. The van der Waals surface area contributed by atoms with Gasteiger partial charge in [0.1, 0.15) is 0 Å². The average Bonchev–Trinajstić information content (AvgIpc) is 3.39. The molecular weight excluding hydrogens is 366 g/mol. The third-order valence-electron chi connectivity index (χ3n) is 4.88. The molecule has 0 radical (unpaired) electrons. The van der Waals surface area contributed by atoms with Crippen molar-refractivity contribution in [2.24, 2.45) is 0 Å². The second-order valence-corrected chi connectivity index (χ2v) is 8.45. The Balaban J connectivity index is 1.36. The van der Waals surface area contributed by atoms with Crippen LogP contribution in [0.2, 0.25) is 0 Å². The maximum absolute atomic E-state index is 5.70. The molecule has 0 fully saturated rings. The molecule has 156 valence electrons. The van der Waals surface area contributed by atoms with E-state index in [1.54, 1.807) is 24.2 Å². The van der Waals surface area contributed by atoms with Gasteiger partial charge >= 0.3 is 0 Å². The van der Waals surface area contributed by atoms with Crippen molar-refractivity contribution in [1.82, 2.24) is 4.98 Å². The summed E-state index contributed by atoms with van der Waals surface area (Å²) in [6.45, 7) is 2.28. The van der Waals surface area contributed by atoms with E-state index in [0.29, 0.717) is 5.76 Å². The van der Waals surface area contributed by atoms with Crippen molar-refractivity contribution in [3.63, 3.8) is 0 Å². The van der Waals surface area contributed by atoms with E-state index in [2.05, 4.69) is 24.1 Å². The number of rotatable bonds is 17. The molecule has 0 aliphatic heterocycles. The van der Waals surface area contributed by atoms with Crippen LogP contribution in [0.25, 0.3) is 11.5 Å². The summed E-state index contributed by atoms with van der Waals surface area (Å²) in [5.41, 5.74) is 0. The fourth-order valence-corrected chi connectivity index (χ4v) is 3.99. The Morgan fingerprint density at radius 1 is 0.857 bits per heavy atom. The highest BCUT2D eigenvalue weighted by atomic mass is 32.2. The lowest BCUT2D eigenvalue weighted by atomic mass is 10.1.